The molecule has 0 aliphatic carbocycles. The molecule has 0 spiro atoms. The normalized spacial score (nSPS) is 10.6. The van der Waals surface area contributed by atoms with Gasteiger partial charge in [0, 0.05) is 11.9 Å². The summed E-state index contributed by atoms with van der Waals surface area (Å²) in [7, 11) is 0. The number of esters is 1. The second kappa shape index (κ2) is 5.34. The summed E-state index contributed by atoms with van der Waals surface area (Å²) in [5.41, 5.74) is -0.404. The average molecular weight is 294 g/mol. The van der Waals surface area contributed by atoms with E-state index in [2.05, 4.69) is 20.9 Å². The lowest BCUT2D eigenvalue weighted by Gasteiger charge is -2.11. The Morgan fingerprint density at radius 3 is 2.75 bits per heavy atom. The summed E-state index contributed by atoms with van der Waals surface area (Å²) in [6, 6.07) is 0. The second-order valence-corrected chi connectivity index (χ2v) is 3.86. The van der Waals surface area contributed by atoms with E-state index in [1.807, 2.05) is 0 Å². The van der Waals surface area contributed by atoms with Gasteiger partial charge in [0.05, 0.1) is 22.2 Å². The summed E-state index contributed by atoms with van der Waals surface area (Å²) >= 11 is 3.02. The van der Waals surface area contributed by atoms with Crippen LogP contribution >= 0.6 is 15.9 Å². The highest BCUT2D eigenvalue weighted by atomic mass is 79.9. The summed E-state index contributed by atoms with van der Waals surface area (Å²) in [6.07, 6.45) is -1.45. The molecule has 0 aliphatic heterocycles. The number of aryl methyl sites for hydroxylation is 1. The molecule has 1 aromatic rings. The Hall–Kier alpha value is -1.04. The molecule has 0 unspecified atom stereocenters. The highest BCUT2D eigenvalue weighted by molar-refractivity contribution is 9.10. The van der Waals surface area contributed by atoms with Crippen molar-refractivity contribution in [2.24, 2.45) is 0 Å². The van der Waals surface area contributed by atoms with Crippen LogP contribution in [0.15, 0.2) is 10.7 Å². The van der Waals surface area contributed by atoms with Crippen molar-refractivity contribution >= 4 is 21.9 Å². The predicted octanol–water partition coefficient (Wildman–Crippen LogP) is 3.27. The lowest BCUT2D eigenvalue weighted by atomic mass is 10.1. The Bertz CT molecular complexity index is 410. The van der Waals surface area contributed by atoms with Gasteiger partial charge in [-0.1, -0.05) is 0 Å². The molecule has 1 aromatic heterocycles. The maximum Gasteiger partial charge on any atom is 0.339 e. The first-order valence-corrected chi connectivity index (χ1v) is 5.38. The fraction of sp³-hybridized carbons (Fsp3) is 0.400. The Kier molecular flexibility index (Phi) is 4.35. The van der Waals surface area contributed by atoms with E-state index >= 15 is 0 Å². The van der Waals surface area contributed by atoms with E-state index in [-0.39, 0.29) is 27.9 Å². The summed E-state index contributed by atoms with van der Waals surface area (Å²) in [6.45, 7) is 3.17. The van der Waals surface area contributed by atoms with Crippen molar-refractivity contribution in [2.75, 3.05) is 6.61 Å². The van der Waals surface area contributed by atoms with Crippen LogP contribution in [0, 0.1) is 6.92 Å². The van der Waals surface area contributed by atoms with Gasteiger partial charge in [-0.15, -0.1) is 0 Å². The van der Waals surface area contributed by atoms with Gasteiger partial charge in [0.25, 0.3) is 6.43 Å². The van der Waals surface area contributed by atoms with Gasteiger partial charge in [0.15, 0.2) is 0 Å². The van der Waals surface area contributed by atoms with Crippen LogP contribution in [0.25, 0.3) is 0 Å². The zero-order chi connectivity index (χ0) is 12.3. The van der Waals surface area contributed by atoms with E-state index < -0.39 is 12.4 Å². The fourth-order valence-corrected chi connectivity index (χ4v) is 1.75. The largest absolute Gasteiger partial charge is 0.462 e. The van der Waals surface area contributed by atoms with Crippen LogP contribution in [0.2, 0.25) is 0 Å². The highest BCUT2D eigenvalue weighted by Crippen LogP contribution is 2.30. The molecule has 0 N–H and O–H groups in total. The fourth-order valence-electron chi connectivity index (χ4n) is 1.27. The van der Waals surface area contributed by atoms with Gasteiger partial charge in [0.2, 0.25) is 0 Å². The van der Waals surface area contributed by atoms with Crippen molar-refractivity contribution in [3.8, 4) is 0 Å². The van der Waals surface area contributed by atoms with Gasteiger partial charge >= 0.3 is 5.97 Å². The van der Waals surface area contributed by atoms with E-state index in [1.165, 1.54) is 13.1 Å². The first-order chi connectivity index (χ1) is 7.49. The van der Waals surface area contributed by atoms with Crippen molar-refractivity contribution in [3.05, 3.63) is 27.5 Å². The third kappa shape index (κ3) is 2.55. The molecule has 0 aromatic carbocycles. The van der Waals surface area contributed by atoms with Gasteiger partial charge in [-0.2, -0.15) is 0 Å². The lowest BCUT2D eigenvalue weighted by Crippen LogP contribution is -2.12. The number of rotatable bonds is 3. The molecule has 0 radical (unpaired) electrons. The number of ether oxygens (including phenoxy) is 1. The summed E-state index contributed by atoms with van der Waals surface area (Å²) in [4.78, 5) is 15.3. The zero-order valence-corrected chi connectivity index (χ0v) is 10.3. The third-order valence-electron chi connectivity index (χ3n) is 1.97. The number of pyridine rings is 1. The molecule has 1 heterocycles. The maximum atomic E-state index is 12.8. The van der Waals surface area contributed by atoms with Gasteiger partial charge < -0.3 is 4.74 Å². The Balaban J connectivity index is 3.34. The smallest absolute Gasteiger partial charge is 0.339 e. The molecular weight excluding hydrogens is 284 g/mol. The van der Waals surface area contributed by atoms with Crippen molar-refractivity contribution in [3.63, 3.8) is 0 Å². The van der Waals surface area contributed by atoms with Crippen LogP contribution in [0.5, 0.6) is 0 Å². The summed E-state index contributed by atoms with van der Waals surface area (Å²) in [5, 5.41) is 0. The number of alkyl halides is 2. The molecule has 88 valence electrons. The number of carbonyl (C=O) groups excluding carboxylic acids is 1. The Morgan fingerprint density at radius 1 is 1.62 bits per heavy atom. The molecule has 0 amide bonds. The van der Waals surface area contributed by atoms with Crippen molar-refractivity contribution in [2.45, 2.75) is 20.3 Å². The minimum absolute atomic E-state index is 0.126. The number of carbonyl (C=O) groups is 1. The van der Waals surface area contributed by atoms with Crippen LogP contribution in [-0.2, 0) is 4.74 Å². The predicted molar refractivity (Wildman–Crippen MR) is 57.6 cm³/mol. The van der Waals surface area contributed by atoms with Crippen LogP contribution in [-0.4, -0.2) is 17.6 Å². The van der Waals surface area contributed by atoms with Crippen molar-refractivity contribution < 1.29 is 18.3 Å². The molecule has 0 bridgehead atoms. The monoisotopic (exact) mass is 293 g/mol. The van der Waals surface area contributed by atoms with Crippen LogP contribution in [0.4, 0.5) is 8.78 Å². The zero-order valence-electron chi connectivity index (χ0n) is 8.76. The minimum Gasteiger partial charge on any atom is -0.462 e. The third-order valence-corrected chi connectivity index (χ3v) is 2.57. The topological polar surface area (TPSA) is 39.2 Å². The number of halogens is 3. The maximum absolute atomic E-state index is 12.8. The minimum atomic E-state index is -2.76. The summed E-state index contributed by atoms with van der Waals surface area (Å²) in [5.74, 6) is -0.768. The Labute approximate surface area is 99.9 Å². The van der Waals surface area contributed by atoms with Crippen molar-refractivity contribution in [1.29, 1.82) is 0 Å². The number of aromatic nitrogens is 1. The van der Waals surface area contributed by atoms with Crippen LogP contribution < -0.4 is 0 Å². The standard InChI is InChI=1S/C10H10BrF2NO2/c1-3-16-10(15)8-6(11)4-14-5(2)7(8)9(12)13/h4,9H,3H2,1-2H3. The first kappa shape index (κ1) is 13.0. The molecule has 1 rings (SSSR count). The lowest BCUT2D eigenvalue weighted by molar-refractivity contribution is 0.0513. The van der Waals surface area contributed by atoms with Gasteiger partial charge in [-0.05, 0) is 29.8 Å². The quantitative estimate of drug-likeness (QED) is 0.803. The second-order valence-electron chi connectivity index (χ2n) is 3.00. The van der Waals surface area contributed by atoms with E-state index in [0.29, 0.717) is 0 Å². The van der Waals surface area contributed by atoms with Gasteiger partial charge in [0.1, 0.15) is 0 Å². The van der Waals surface area contributed by atoms with E-state index in [0.717, 1.165) is 0 Å². The molecule has 0 saturated heterocycles. The molecule has 0 fully saturated rings. The number of hydrogen-bond acceptors (Lipinski definition) is 3. The SMILES string of the molecule is CCOC(=O)c1c(Br)cnc(C)c1C(F)F. The highest BCUT2D eigenvalue weighted by Gasteiger charge is 2.25. The van der Waals surface area contributed by atoms with Crippen LogP contribution in [0.1, 0.15) is 35.0 Å². The molecule has 6 heteroatoms. The Morgan fingerprint density at radius 2 is 2.25 bits per heavy atom. The number of nitrogens with zero attached hydrogens (tertiary/aromatic N) is 1. The first-order valence-electron chi connectivity index (χ1n) is 4.59. The molecule has 0 saturated carbocycles. The number of hydrogen-bond donors (Lipinski definition) is 0. The van der Waals surface area contributed by atoms with Gasteiger partial charge in [-0.25, -0.2) is 13.6 Å². The molecule has 0 atom stereocenters. The molecular formula is C10H10BrF2NO2. The molecule has 3 nitrogen and oxygen atoms in total. The van der Waals surface area contributed by atoms with E-state index in [9.17, 15) is 13.6 Å². The molecule has 16 heavy (non-hydrogen) atoms. The molecule has 0 aliphatic rings. The van der Waals surface area contributed by atoms with Crippen LogP contribution in [0.3, 0.4) is 0 Å². The van der Waals surface area contributed by atoms with Gasteiger partial charge in [-0.3, -0.25) is 4.98 Å². The average Bonchev–Trinajstić information content (AvgIpc) is 2.20. The van der Waals surface area contributed by atoms with E-state index in [4.69, 9.17) is 4.74 Å². The van der Waals surface area contributed by atoms with Crippen molar-refractivity contribution in [1.82, 2.24) is 4.98 Å². The van der Waals surface area contributed by atoms with E-state index in [1.54, 1.807) is 6.92 Å². The summed E-state index contributed by atoms with van der Waals surface area (Å²) < 4.78 is 30.5.